The summed E-state index contributed by atoms with van der Waals surface area (Å²) in [7, 11) is 0. The third-order valence-corrected chi connectivity index (χ3v) is 9.88. The molecular weight excluding hydrogens is 701 g/mol. The van der Waals surface area contributed by atoms with Gasteiger partial charge in [0.05, 0.1) is 31.5 Å². The molecule has 6 aromatic carbocycles. The summed E-state index contributed by atoms with van der Waals surface area (Å²) in [5, 5.41) is 0. The van der Waals surface area contributed by atoms with Crippen LogP contribution in [0.15, 0.2) is 164 Å². The molecule has 0 spiro atoms. The molecule has 1 heterocycles. The van der Waals surface area contributed by atoms with Gasteiger partial charge in [0.15, 0.2) is 5.78 Å². The van der Waals surface area contributed by atoms with Crippen molar-refractivity contribution in [2.24, 2.45) is 0 Å². The van der Waals surface area contributed by atoms with Gasteiger partial charge in [-0.25, -0.2) is 0 Å². The number of ketones is 1. The van der Waals surface area contributed by atoms with E-state index in [4.69, 9.17) is 28.4 Å². The molecular formula is C49H48O7. The van der Waals surface area contributed by atoms with E-state index in [1.165, 1.54) is 0 Å². The van der Waals surface area contributed by atoms with E-state index in [0.29, 0.717) is 42.4 Å². The highest BCUT2D eigenvalue weighted by molar-refractivity contribution is 5.99. The van der Waals surface area contributed by atoms with Crippen molar-refractivity contribution in [3.05, 3.63) is 203 Å². The molecule has 0 aliphatic carbocycles. The summed E-state index contributed by atoms with van der Waals surface area (Å²) in [6.45, 7) is 5.10. The van der Waals surface area contributed by atoms with E-state index in [0.717, 1.165) is 27.8 Å². The van der Waals surface area contributed by atoms with Gasteiger partial charge >= 0.3 is 0 Å². The van der Waals surface area contributed by atoms with Crippen LogP contribution in [0.2, 0.25) is 0 Å². The highest BCUT2D eigenvalue weighted by Crippen LogP contribution is 2.43. The van der Waals surface area contributed by atoms with E-state index < -0.39 is 30.5 Å². The zero-order valence-corrected chi connectivity index (χ0v) is 31.9. The Morgan fingerprint density at radius 2 is 0.893 bits per heavy atom. The molecule has 0 bridgehead atoms. The molecule has 6 aromatic rings. The van der Waals surface area contributed by atoms with Crippen molar-refractivity contribution in [3.8, 4) is 11.5 Å². The van der Waals surface area contributed by atoms with Crippen LogP contribution in [0.25, 0.3) is 0 Å². The second-order valence-electron chi connectivity index (χ2n) is 14.0. The number of carbonyl (C=O) groups is 1. The van der Waals surface area contributed by atoms with Crippen LogP contribution in [-0.2, 0) is 52.0 Å². The minimum atomic E-state index is -0.760. The van der Waals surface area contributed by atoms with Gasteiger partial charge in [0.1, 0.15) is 49.1 Å². The number of benzene rings is 6. The fourth-order valence-corrected chi connectivity index (χ4v) is 7.05. The second kappa shape index (κ2) is 19.3. The number of hydrogen-bond acceptors (Lipinski definition) is 7. The van der Waals surface area contributed by atoms with Crippen LogP contribution in [0, 0.1) is 0 Å². The van der Waals surface area contributed by atoms with Gasteiger partial charge in [-0.3, -0.25) is 4.79 Å². The fourth-order valence-electron chi connectivity index (χ4n) is 7.05. The lowest BCUT2D eigenvalue weighted by Crippen LogP contribution is -2.56. The Morgan fingerprint density at radius 3 is 1.34 bits per heavy atom. The van der Waals surface area contributed by atoms with Crippen LogP contribution in [0.5, 0.6) is 11.5 Å². The number of hydrogen-bond donors (Lipinski definition) is 0. The number of carbonyl (C=O) groups excluding carboxylic acids is 1. The van der Waals surface area contributed by atoms with E-state index in [-0.39, 0.29) is 19.0 Å². The van der Waals surface area contributed by atoms with Crippen molar-refractivity contribution >= 4 is 5.78 Å². The third-order valence-electron chi connectivity index (χ3n) is 9.88. The summed E-state index contributed by atoms with van der Waals surface area (Å²) in [4.78, 5) is 13.8. The molecule has 286 valence electrons. The summed E-state index contributed by atoms with van der Waals surface area (Å²) < 4.78 is 40.4. The van der Waals surface area contributed by atoms with Crippen LogP contribution in [-0.4, -0.2) is 30.2 Å². The van der Waals surface area contributed by atoms with Crippen molar-refractivity contribution in [1.29, 1.82) is 0 Å². The smallest absolute Gasteiger partial charge is 0.163 e. The quantitative estimate of drug-likeness (QED) is 0.0860. The molecule has 0 amide bonds. The average molecular weight is 749 g/mol. The van der Waals surface area contributed by atoms with Crippen molar-refractivity contribution < 1.29 is 33.2 Å². The molecule has 1 fully saturated rings. The monoisotopic (exact) mass is 748 g/mol. The number of ether oxygens (including phenoxy) is 6. The Balaban J connectivity index is 1.31. The zero-order chi connectivity index (χ0) is 38.5. The molecule has 1 aliphatic heterocycles. The molecule has 0 unspecified atom stereocenters. The molecule has 7 nitrogen and oxygen atoms in total. The predicted octanol–water partition coefficient (Wildman–Crippen LogP) is 10.3. The van der Waals surface area contributed by atoms with Gasteiger partial charge in [0.25, 0.3) is 0 Å². The van der Waals surface area contributed by atoms with E-state index in [1.54, 1.807) is 13.0 Å². The van der Waals surface area contributed by atoms with E-state index in [1.807, 2.05) is 165 Å². The normalized spacial score (nSPS) is 19.3. The highest BCUT2D eigenvalue weighted by atomic mass is 16.6. The zero-order valence-electron chi connectivity index (χ0n) is 31.9. The topological polar surface area (TPSA) is 72.5 Å². The molecule has 0 radical (unpaired) electrons. The first-order valence-electron chi connectivity index (χ1n) is 19.2. The fraction of sp³-hybridized carbons (Fsp3) is 0.245. The Hall–Kier alpha value is -5.57. The van der Waals surface area contributed by atoms with Gasteiger partial charge in [-0.05, 0) is 47.7 Å². The molecule has 7 rings (SSSR count). The lowest BCUT2D eigenvalue weighted by Gasteiger charge is -2.46. The van der Waals surface area contributed by atoms with Crippen LogP contribution in [0.1, 0.15) is 63.7 Å². The van der Waals surface area contributed by atoms with Crippen LogP contribution in [0.3, 0.4) is 0 Å². The largest absolute Gasteiger partial charge is 0.489 e. The molecule has 0 aromatic heterocycles. The van der Waals surface area contributed by atoms with E-state index >= 15 is 0 Å². The minimum Gasteiger partial charge on any atom is -0.489 e. The van der Waals surface area contributed by atoms with Gasteiger partial charge in [-0.2, -0.15) is 0 Å². The Labute approximate surface area is 329 Å². The molecule has 0 N–H and O–H groups in total. The van der Waals surface area contributed by atoms with Crippen molar-refractivity contribution in [3.63, 3.8) is 0 Å². The Morgan fingerprint density at radius 1 is 0.500 bits per heavy atom. The molecule has 1 saturated heterocycles. The lowest BCUT2D eigenvalue weighted by atomic mass is 9.87. The van der Waals surface area contributed by atoms with Crippen molar-refractivity contribution in [2.45, 2.75) is 77.4 Å². The van der Waals surface area contributed by atoms with Gasteiger partial charge in [0.2, 0.25) is 0 Å². The molecule has 56 heavy (non-hydrogen) atoms. The number of Topliss-reactive ketones (excluding diaryl/α,β-unsaturated/α-hetero) is 1. The van der Waals surface area contributed by atoms with Gasteiger partial charge in [0, 0.05) is 11.6 Å². The van der Waals surface area contributed by atoms with Crippen LogP contribution in [0.4, 0.5) is 0 Å². The van der Waals surface area contributed by atoms with Crippen molar-refractivity contribution in [1.82, 2.24) is 0 Å². The molecule has 1 aliphatic rings. The van der Waals surface area contributed by atoms with Crippen LogP contribution >= 0.6 is 0 Å². The second-order valence-corrected chi connectivity index (χ2v) is 14.0. The van der Waals surface area contributed by atoms with Crippen molar-refractivity contribution in [2.75, 3.05) is 0 Å². The minimum absolute atomic E-state index is 0.167. The van der Waals surface area contributed by atoms with E-state index in [2.05, 4.69) is 0 Å². The van der Waals surface area contributed by atoms with E-state index in [9.17, 15) is 4.79 Å². The first-order chi connectivity index (χ1) is 27.5. The lowest BCUT2D eigenvalue weighted by molar-refractivity contribution is -0.263. The predicted molar refractivity (Wildman–Crippen MR) is 216 cm³/mol. The molecule has 5 atom stereocenters. The third kappa shape index (κ3) is 10.2. The SMILES string of the molecule is CC(=O)c1c(OCc2ccccc2)cc(OCc2ccccc2)cc1[C@H]1O[C@@H](C)[C@@H](OCc2ccccc2)[C@@H](OCc2ccccc2)[C@@H]1OCc1ccccc1. The maximum atomic E-state index is 13.8. The Kier molecular flexibility index (Phi) is 13.4. The summed E-state index contributed by atoms with van der Waals surface area (Å²) in [5.41, 5.74) is 6.04. The maximum Gasteiger partial charge on any atom is 0.163 e. The highest BCUT2D eigenvalue weighted by Gasteiger charge is 2.48. The average Bonchev–Trinajstić information content (AvgIpc) is 3.24. The summed E-state index contributed by atoms with van der Waals surface area (Å²) >= 11 is 0. The molecule has 7 heteroatoms. The first kappa shape index (κ1) is 38.7. The standard InChI is InChI=1S/C49H48O7/c1-35(50)45-43(28-42(51-30-37-18-8-3-9-19-37)29-44(45)52-31-38-20-10-4-11-21-38)47-49(55-34-41-26-16-7-17-27-41)48(54-33-40-24-14-6-15-25-40)46(36(2)56-47)53-32-39-22-12-5-13-23-39/h3-29,36,46-49H,30-34H2,1-2H3/t36-,46+,47+,48+,49+/m0/s1. The summed E-state index contributed by atoms with van der Waals surface area (Å²) in [6.07, 6.45) is -3.03. The summed E-state index contributed by atoms with van der Waals surface area (Å²) in [5.74, 6) is 0.781. The van der Waals surface area contributed by atoms with Gasteiger partial charge in [-0.1, -0.05) is 152 Å². The first-order valence-corrected chi connectivity index (χ1v) is 19.2. The van der Waals surface area contributed by atoms with Gasteiger partial charge in [-0.15, -0.1) is 0 Å². The maximum absolute atomic E-state index is 13.8. The van der Waals surface area contributed by atoms with Gasteiger partial charge < -0.3 is 28.4 Å². The number of rotatable bonds is 17. The molecule has 0 saturated carbocycles. The Bertz CT molecular complexity index is 2090. The van der Waals surface area contributed by atoms with Crippen LogP contribution < -0.4 is 9.47 Å². The summed E-state index contributed by atoms with van der Waals surface area (Å²) in [6, 6.07) is 53.7.